The molecule has 0 unspecified atom stereocenters. The minimum absolute atomic E-state index is 0.0772. The van der Waals surface area contributed by atoms with E-state index in [9.17, 15) is 4.79 Å². The highest BCUT2D eigenvalue weighted by Gasteiger charge is 2.30. The van der Waals surface area contributed by atoms with Crippen molar-refractivity contribution in [2.45, 2.75) is 11.7 Å². The van der Waals surface area contributed by atoms with E-state index >= 15 is 0 Å². The highest BCUT2D eigenvalue weighted by molar-refractivity contribution is 8.15. The summed E-state index contributed by atoms with van der Waals surface area (Å²) in [6.45, 7) is 0. The molecule has 1 aliphatic heterocycles. The van der Waals surface area contributed by atoms with E-state index in [-0.39, 0.29) is 11.2 Å². The summed E-state index contributed by atoms with van der Waals surface area (Å²) in [6.07, 6.45) is 2.15. The van der Waals surface area contributed by atoms with E-state index in [0.29, 0.717) is 21.6 Å². The van der Waals surface area contributed by atoms with E-state index in [2.05, 4.69) is 15.5 Å². The number of hydrogen-bond acceptors (Lipinski definition) is 4. The zero-order valence-corrected chi connectivity index (χ0v) is 14.8. The third kappa shape index (κ3) is 4.38. The standard InChI is InChI=1S/C17H13Cl2N3OS/c18-13-6-3-4-11(8-13)9-15-16(23)21-17(24-15)22-20-10-12-5-1-2-7-14(12)19/h1-8,10,15H,9H2,(H,21,22,23)/b20-10-/t15-/m1/s1. The van der Waals surface area contributed by atoms with Gasteiger partial charge in [-0.3, -0.25) is 4.79 Å². The Kier molecular flexibility index (Phi) is 5.56. The number of rotatable bonds is 4. The number of nitrogens with zero attached hydrogens (tertiary/aromatic N) is 2. The Morgan fingerprint density at radius 2 is 2.00 bits per heavy atom. The molecule has 0 bridgehead atoms. The highest BCUT2D eigenvalue weighted by Crippen LogP contribution is 2.24. The van der Waals surface area contributed by atoms with E-state index in [1.54, 1.807) is 12.3 Å². The molecule has 0 aromatic heterocycles. The molecule has 7 heteroatoms. The first kappa shape index (κ1) is 17.0. The second-order valence-corrected chi connectivity index (χ2v) is 7.14. The monoisotopic (exact) mass is 377 g/mol. The number of benzene rings is 2. The van der Waals surface area contributed by atoms with Gasteiger partial charge in [-0.15, -0.1) is 5.10 Å². The molecular formula is C17H13Cl2N3OS. The van der Waals surface area contributed by atoms with Crippen molar-refractivity contribution in [3.05, 3.63) is 69.7 Å². The van der Waals surface area contributed by atoms with Crippen LogP contribution in [0.1, 0.15) is 11.1 Å². The van der Waals surface area contributed by atoms with Gasteiger partial charge in [-0.25, -0.2) is 0 Å². The first-order chi connectivity index (χ1) is 11.6. The van der Waals surface area contributed by atoms with Crippen molar-refractivity contribution in [3.63, 3.8) is 0 Å². The molecule has 1 heterocycles. The molecule has 1 amide bonds. The number of carbonyl (C=O) groups is 1. The summed E-state index contributed by atoms with van der Waals surface area (Å²) in [5.74, 6) is -0.0772. The molecule has 1 N–H and O–H groups in total. The number of amidine groups is 1. The van der Waals surface area contributed by atoms with Crippen LogP contribution < -0.4 is 5.32 Å². The van der Waals surface area contributed by atoms with Crippen LogP contribution in [-0.2, 0) is 11.2 Å². The van der Waals surface area contributed by atoms with Crippen molar-refractivity contribution in [3.8, 4) is 0 Å². The van der Waals surface area contributed by atoms with E-state index in [0.717, 1.165) is 11.1 Å². The van der Waals surface area contributed by atoms with Crippen LogP contribution in [0.2, 0.25) is 10.0 Å². The van der Waals surface area contributed by atoms with Crippen molar-refractivity contribution >= 4 is 52.3 Å². The van der Waals surface area contributed by atoms with E-state index in [4.69, 9.17) is 23.2 Å². The lowest BCUT2D eigenvalue weighted by molar-refractivity contribution is -0.118. The van der Waals surface area contributed by atoms with Crippen LogP contribution in [0.3, 0.4) is 0 Å². The number of carbonyl (C=O) groups excluding carboxylic acids is 1. The first-order valence-corrected chi connectivity index (χ1v) is 8.83. The molecule has 24 heavy (non-hydrogen) atoms. The summed E-state index contributed by atoms with van der Waals surface area (Å²) in [7, 11) is 0. The Morgan fingerprint density at radius 3 is 2.79 bits per heavy atom. The molecule has 3 rings (SSSR count). The Morgan fingerprint density at radius 1 is 1.17 bits per heavy atom. The van der Waals surface area contributed by atoms with E-state index < -0.39 is 0 Å². The van der Waals surface area contributed by atoms with Gasteiger partial charge in [0.1, 0.15) is 0 Å². The molecule has 1 atom stereocenters. The fourth-order valence-corrected chi connectivity index (χ4v) is 3.55. The highest BCUT2D eigenvalue weighted by atomic mass is 35.5. The average molecular weight is 378 g/mol. The van der Waals surface area contributed by atoms with Crippen LogP contribution in [0, 0.1) is 0 Å². The van der Waals surface area contributed by atoms with Crippen LogP contribution in [-0.4, -0.2) is 22.5 Å². The van der Waals surface area contributed by atoms with Crippen molar-refractivity contribution in [2.24, 2.45) is 10.2 Å². The van der Waals surface area contributed by atoms with E-state index in [1.165, 1.54) is 11.8 Å². The normalized spacial score (nSPS) is 19.2. The van der Waals surface area contributed by atoms with Crippen LogP contribution in [0.15, 0.2) is 58.7 Å². The maximum Gasteiger partial charge on any atom is 0.239 e. The first-order valence-electron chi connectivity index (χ1n) is 7.19. The van der Waals surface area contributed by atoms with Crippen LogP contribution in [0.5, 0.6) is 0 Å². The number of thioether (sulfide) groups is 1. The molecule has 122 valence electrons. The largest absolute Gasteiger partial charge is 0.303 e. The van der Waals surface area contributed by atoms with Gasteiger partial charge in [0.2, 0.25) is 5.91 Å². The minimum Gasteiger partial charge on any atom is -0.303 e. The van der Waals surface area contributed by atoms with Crippen LogP contribution >= 0.6 is 35.0 Å². The molecule has 1 aliphatic rings. The summed E-state index contributed by atoms with van der Waals surface area (Å²) >= 11 is 13.4. The maximum absolute atomic E-state index is 12.0. The summed E-state index contributed by atoms with van der Waals surface area (Å²) < 4.78 is 0. The summed E-state index contributed by atoms with van der Waals surface area (Å²) in [5, 5.41) is 12.3. The quantitative estimate of drug-likeness (QED) is 0.642. The Hall–Kier alpha value is -1.82. The van der Waals surface area contributed by atoms with Gasteiger partial charge in [-0.2, -0.15) is 5.10 Å². The Bertz CT molecular complexity index is 823. The second kappa shape index (κ2) is 7.83. The van der Waals surface area contributed by atoms with Gasteiger partial charge in [0.05, 0.1) is 11.5 Å². The average Bonchev–Trinajstić information content (AvgIpc) is 2.89. The zero-order chi connectivity index (χ0) is 16.9. The fourth-order valence-electron chi connectivity index (χ4n) is 2.19. The van der Waals surface area contributed by atoms with Crippen LogP contribution in [0.25, 0.3) is 0 Å². The topological polar surface area (TPSA) is 53.8 Å². The summed E-state index contributed by atoms with van der Waals surface area (Å²) in [5.41, 5.74) is 1.78. The number of amides is 1. The fraction of sp³-hybridized carbons (Fsp3) is 0.118. The predicted octanol–water partition coefficient (Wildman–Crippen LogP) is 4.16. The van der Waals surface area contributed by atoms with Gasteiger partial charge in [-0.1, -0.05) is 65.3 Å². The molecule has 2 aromatic rings. The van der Waals surface area contributed by atoms with Crippen molar-refractivity contribution in [1.29, 1.82) is 0 Å². The van der Waals surface area contributed by atoms with Gasteiger partial charge in [0, 0.05) is 15.6 Å². The SMILES string of the molecule is O=C1N/C(=N/N=C\c2ccccc2Cl)S[C@@H]1Cc1cccc(Cl)c1. The second-order valence-electron chi connectivity index (χ2n) is 5.10. The van der Waals surface area contributed by atoms with Gasteiger partial charge >= 0.3 is 0 Å². The Labute approximate surface area is 154 Å². The third-order valence-electron chi connectivity index (χ3n) is 3.34. The lowest BCUT2D eigenvalue weighted by atomic mass is 10.1. The number of halogens is 2. The Balaban J connectivity index is 1.65. The molecule has 2 aromatic carbocycles. The summed E-state index contributed by atoms with van der Waals surface area (Å²) in [4.78, 5) is 12.0. The van der Waals surface area contributed by atoms with Crippen molar-refractivity contribution in [1.82, 2.24) is 5.32 Å². The molecule has 0 spiro atoms. The number of hydrogen-bond donors (Lipinski definition) is 1. The van der Waals surface area contributed by atoms with Gasteiger partial charge in [0.15, 0.2) is 5.17 Å². The molecule has 0 aliphatic carbocycles. The lowest BCUT2D eigenvalue weighted by Gasteiger charge is -2.05. The summed E-state index contributed by atoms with van der Waals surface area (Å²) in [6, 6.07) is 14.8. The molecular weight excluding hydrogens is 365 g/mol. The van der Waals surface area contributed by atoms with Crippen molar-refractivity contribution in [2.75, 3.05) is 0 Å². The van der Waals surface area contributed by atoms with E-state index in [1.807, 2.05) is 42.5 Å². The van der Waals surface area contributed by atoms with Gasteiger partial charge in [-0.05, 0) is 30.2 Å². The van der Waals surface area contributed by atoms with Crippen LogP contribution in [0.4, 0.5) is 0 Å². The molecule has 0 saturated carbocycles. The smallest absolute Gasteiger partial charge is 0.239 e. The molecule has 1 saturated heterocycles. The van der Waals surface area contributed by atoms with Gasteiger partial charge in [0.25, 0.3) is 0 Å². The molecule has 0 radical (unpaired) electrons. The van der Waals surface area contributed by atoms with Crippen molar-refractivity contribution < 1.29 is 4.79 Å². The molecule has 1 fully saturated rings. The third-order valence-corrected chi connectivity index (χ3v) is 4.99. The van der Waals surface area contributed by atoms with Gasteiger partial charge < -0.3 is 5.32 Å². The lowest BCUT2D eigenvalue weighted by Crippen LogP contribution is -2.25. The number of nitrogens with one attached hydrogen (secondary N) is 1. The predicted molar refractivity (Wildman–Crippen MR) is 101 cm³/mol. The maximum atomic E-state index is 12.0. The molecule has 4 nitrogen and oxygen atoms in total. The zero-order valence-electron chi connectivity index (χ0n) is 12.4. The minimum atomic E-state index is -0.238.